The first-order chi connectivity index (χ1) is 17.1. The first-order valence-corrected chi connectivity index (χ1v) is 12.7. The van der Waals surface area contributed by atoms with Crippen molar-refractivity contribution in [2.24, 2.45) is 10.5 Å². The minimum atomic E-state index is -0.584. The molecule has 1 amide bonds. The molecular weight excluding hydrogens is 489 g/mol. The predicted octanol–water partition coefficient (Wildman–Crippen LogP) is 8.24. The third-order valence-corrected chi connectivity index (χ3v) is 7.01. The molecule has 0 saturated carbocycles. The average molecular weight is 516 g/mol. The van der Waals surface area contributed by atoms with Crippen LogP contribution in [-0.4, -0.2) is 21.6 Å². The Morgan fingerprint density at radius 2 is 1.50 bits per heavy atom. The first-order valence-electron chi connectivity index (χ1n) is 12.0. The summed E-state index contributed by atoms with van der Waals surface area (Å²) in [5.41, 5.74) is 6.08. The lowest BCUT2D eigenvalue weighted by atomic mass is 9.89. The second-order valence-electron chi connectivity index (χ2n) is 10.2. The van der Waals surface area contributed by atoms with Crippen LogP contribution in [-0.2, 0) is 4.79 Å². The van der Waals surface area contributed by atoms with E-state index in [1.165, 1.54) is 0 Å². The molecule has 4 nitrogen and oxygen atoms in total. The Balaban J connectivity index is 1.73. The minimum absolute atomic E-state index is 0.0307. The van der Waals surface area contributed by atoms with Crippen LogP contribution in [0, 0.1) is 12.3 Å². The molecule has 6 heteroatoms. The number of para-hydroxylation sites is 1. The summed E-state index contributed by atoms with van der Waals surface area (Å²) in [6, 6.07) is 23.4. The number of hydrogen-bond acceptors (Lipinski definition) is 3. The summed E-state index contributed by atoms with van der Waals surface area (Å²) in [6.07, 6.45) is 0.574. The van der Waals surface area contributed by atoms with E-state index >= 15 is 0 Å². The number of benzene rings is 3. The van der Waals surface area contributed by atoms with Gasteiger partial charge in [-0.1, -0.05) is 86.4 Å². The van der Waals surface area contributed by atoms with Crippen LogP contribution in [0.25, 0.3) is 22.0 Å². The zero-order valence-corrected chi connectivity index (χ0v) is 22.2. The van der Waals surface area contributed by atoms with Crippen LogP contribution < -0.4 is 0 Å². The fraction of sp³-hybridized carbons (Fsp3) is 0.233. The van der Waals surface area contributed by atoms with Crippen LogP contribution in [0.1, 0.15) is 50.1 Å². The summed E-state index contributed by atoms with van der Waals surface area (Å²) in [7, 11) is 0. The van der Waals surface area contributed by atoms with E-state index in [1.54, 1.807) is 5.01 Å². The number of rotatable bonds is 3. The number of nitrogens with zero attached hydrogens (tertiary/aromatic N) is 3. The fourth-order valence-corrected chi connectivity index (χ4v) is 4.99. The van der Waals surface area contributed by atoms with Gasteiger partial charge in [0, 0.05) is 44.1 Å². The molecule has 182 valence electrons. The molecule has 1 atom stereocenters. The van der Waals surface area contributed by atoms with E-state index in [0.717, 1.165) is 44.6 Å². The summed E-state index contributed by atoms with van der Waals surface area (Å²) in [5, 5.41) is 9.00. The number of fused-ring (bicyclic) bond motifs is 1. The monoisotopic (exact) mass is 515 g/mol. The number of hydrazone groups is 1. The highest BCUT2D eigenvalue weighted by atomic mass is 35.5. The molecule has 0 fully saturated rings. The molecule has 1 aliphatic heterocycles. The summed E-state index contributed by atoms with van der Waals surface area (Å²) >= 11 is 12.4. The lowest BCUT2D eigenvalue weighted by molar-refractivity contribution is -0.141. The van der Waals surface area contributed by atoms with Gasteiger partial charge in [0.15, 0.2) is 0 Å². The van der Waals surface area contributed by atoms with Crippen molar-refractivity contribution in [2.75, 3.05) is 0 Å². The molecule has 0 N–H and O–H groups in total. The van der Waals surface area contributed by atoms with E-state index < -0.39 is 5.41 Å². The third-order valence-electron chi connectivity index (χ3n) is 6.51. The second kappa shape index (κ2) is 9.34. The Morgan fingerprint density at radius 1 is 0.889 bits per heavy atom. The second-order valence-corrected chi connectivity index (χ2v) is 11.1. The molecule has 2 heterocycles. The van der Waals surface area contributed by atoms with Gasteiger partial charge in [-0.2, -0.15) is 5.10 Å². The van der Waals surface area contributed by atoms with Crippen molar-refractivity contribution < 1.29 is 4.79 Å². The lowest BCUT2D eigenvalue weighted by Crippen LogP contribution is -2.36. The molecule has 0 unspecified atom stereocenters. The number of hydrogen-bond donors (Lipinski definition) is 0. The highest BCUT2D eigenvalue weighted by molar-refractivity contribution is 6.31. The zero-order chi connectivity index (χ0) is 25.6. The third kappa shape index (κ3) is 4.52. The van der Waals surface area contributed by atoms with Gasteiger partial charge in [-0.3, -0.25) is 9.78 Å². The minimum Gasteiger partial charge on any atom is -0.272 e. The van der Waals surface area contributed by atoms with Crippen LogP contribution in [0.5, 0.6) is 0 Å². The topological polar surface area (TPSA) is 45.6 Å². The van der Waals surface area contributed by atoms with E-state index in [4.69, 9.17) is 33.3 Å². The van der Waals surface area contributed by atoms with E-state index in [9.17, 15) is 4.79 Å². The number of carbonyl (C=O) groups is 1. The Labute approximate surface area is 221 Å². The van der Waals surface area contributed by atoms with Crippen molar-refractivity contribution >= 4 is 45.7 Å². The van der Waals surface area contributed by atoms with Crippen molar-refractivity contribution in [3.63, 3.8) is 0 Å². The summed E-state index contributed by atoms with van der Waals surface area (Å²) in [6.45, 7) is 7.77. The fourth-order valence-electron chi connectivity index (χ4n) is 4.74. The van der Waals surface area contributed by atoms with Gasteiger partial charge in [-0.25, -0.2) is 5.01 Å². The number of aryl methyl sites for hydroxylation is 1. The number of halogens is 2. The van der Waals surface area contributed by atoms with E-state index in [1.807, 2.05) is 94.4 Å². The van der Waals surface area contributed by atoms with E-state index in [0.29, 0.717) is 16.5 Å². The Hall–Kier alpha value is -3.21. The summed E-state index contributed by atoms with van der Waals surface area (Å²) in [4.78, 5) is 18.5. The first kappa shape index (κ1) is 24.5. The van der Waals surface area contributed by atoms with Gasteiger partial charge >= 0.3 is 0 Å². The van der Waals surface area contributed by atoms with Crippen LogP contribution in [0.2, 0.25) is 10.0 Å². The predicted molar refractivity (Wildman–Crippen MR) is 149 cm³/mol. The van der Waals surface area contributed by atoms with Gasteiger partial charge in [0.2, 0.25) is 5.91 Å². The molecule has 4 aromatic rings. The Bertz CT molecular complexity index is 1490. The van der Waals surface area contributed by atoms with Crippen molar-refractivity contribution in [2.45, 2.75) is 40.2 Å². The SMILES string of the molecule is Cc1nc2ccccc2c(-c2ccc(Cl)cc2)c1C1=NN(C(=O)C(C)(C)C)[C@@H](c2ccc(Cl)cc2)C1. The molecule has 0 bridgehead atoms. The van der Waals surface area contributed by atoms with Crippen LogP contribution >= 0.6 is 23.2 Å². The number of amides is 1. The quantitative estimate of drug-likeness (QED) is 0.275. The molecular formula is C30H27Cl2N3O. The molecule has 5 rings (SSSR count). The molecule has 0 radical (unpaired) electrons. The zero-order valence-electron chi connectivity index (χ0n) is 20.7. The number of pyridine rings is 1. The summed E-state index contributed by atoms with van der Waals surface area (Å²) < 4.78 is 0. The van der Waals surface area contributed by atoms with Crippen molar-refractivity contribution in [1.29, 1.82) is 0 Å². The molecule has 36 heavy (non-hydrogen) atoms. The van der Waals surface area contributed by atoms with E-state index in [2.05, 4.69) is 6.07 Å². The van der Waals surface area contributed by atoms with Gasteiger partial charge in [0.1, 0.15) is 0 Å². The molecule has 3 aromatic carbocycles. The van der Waals surface area contributed by atoms with Crippen LogP contribution in [0.3, 0.4) is 0 Å². The van der Waals surface area contributed by atoms with Gasteiger partial charge in [-0.15, -0.1) is 0 Å². The van der Waals surface area contributed by atoms with Crippen LogP contribution in [0.15, 0.2) is 77.9 Å². The average Bonchev–Trinajstić information content (AvgIpc) is 3.28. The molecule has 0 saturated heterocycles. The standard InChI is InChI=1S/C30H27Cl2N3O/c1-18-27(28(20-11-15-22(32)16-12-20)23-7-5-6-8-24(23)33-18)25-17-26(19-9-13-21(31)14-10-19)35(34-25)29(36)30(2,3)4/h5-16,26H,17H2,1-4H3/t26-/m1/s1. The van der Waals surface area contributed by atoms with Crippen LogP contribution in [0.4, 0.5) is 0 Å². The molecule has 1 aliphatic rings. The lowest BCUT2D eigenvalue weighted by Gasteiger charge is -2.28. The van der Waals surface area contributed by atoms with Crippen molar-refractivity contribution in [1.82, 2.24) is 9.99 Å². The van der Waals surface area contributed by atoms with Crippen molar-refractivity contribution in [3.05, 3.63) is 99.7 Å². The van der Waals surface area contributed by atoms with Gasteiger partial charge in [0.05, 0.1) is 17.3 Å². The maximum atomic E-state index is 13.5. The normalized spacial score (nSPS) is 15.9. The molecule has 0 spiro atoms. The number of carbonyl (C=O) groups excluding carboxylic acids is 1. The Kier molecular flexibility index (Phi) is 6.36. The highest BCUT2D eigenvalue weighted by Gasteiger charge is 2.39. The van der Waals surface area contributed by atoms with Gasteiger partial charge < -0.3 is 0 Å². The molecule has 1 aromatic heterocycles. The molecule has 0 aliphatic carbocycles. The maximum Gasteiger partial charge on any atom is 0.248 e. The summed E-state index contributed by atoms with van der Waals surface area (Å²) in [5.74, 6) is -0.0307. The van der Waals surface area contributed by atoms with Gasteiger partial charge in [0.25, 0.3) is 0 Å². The maximum absolute atomic E-state index is 13.5. The smallest absolute Gasteiger partial charge is 0.248 e. The Morgan fingerprint density at radius 3 is 2.14 bits per heavy atom. The van der Waals surface area contributed by atoms with E-state index in [-0.39, 0.29) is 11.9 Å². The number of aromatic nitrogens is 1. The van der Waals surface area contributed by atoms with Gasteiger partial charge in [-0.05, 0) is 48.4 Å². The largest absolute Gasteiger partial charge is 0.272 e. The van der Waals surface area contributed by atoms with Crippen molar-refractivity contribution in [3.8, 4) is 11.1 Å². The highest BCUT2D eigenvalue weighted by Crippen LogP contribution is 2.41.